The van der Waals surface area contributed by atoms with Crippen LogP contribution in [0, 0.1) is 22.7 Å². The van der Waals surface area contributed by atoms with E-state index in [1.807, 2.05) is 97.1 Å². The molecule has 0 saturated heterocycles. The van der Waals surface area contributed by atoms with Gasteiger partial charge < -0.3 is 9.64 Å². The number of nitrogens with zero attached hydrogens (tertiary/aromatic N) is 6. The Kier molecular flexibility index (Phi) is 6.76. The highest BCUT2D eigenvalue weighted by atomic mass is 16.5. The van der Waals surface area contributed by atoms with Gasteiger partial charge in [0.25, 0.3) is 0 Å². The van der Waals surface area contributed by atoms with Gasteiger partial charge in [0.15, 0.2) is 11.5 Å². The first-order valence-electron chi connectivity index (χ1n) is 16.2. The average Bonchev–Trinajstić information content (AvgIpc) is 3.52. The van der Waals surface area contributed by atoms with Gasteiger partial charge in [0.1, 0.15) is 11.6 Å². The van der Waals surface area contributed by atoms with E-state index >= 15 is 0 Å². The highest BCUT2D eigenvalue weighted by Crippen LogP contribution is 2.51. The molecule has 0 unspecified atom stereocenters. The van der Waals surface area contributed by atoms with Crippen LogP contribution in [0.15, 0.2) is 158 Å². The van der Waals surface area contributed by atoms with Gasteiger partial charge in [0.05, 0.1) is 51.4 Å². The second kappa shape index (κ2) is 11.7. The summed E-state index contributed by atoms with van der Waals surface area (Å²) in [6, 6.07) is 56.4. The van der Waals surface area contributed by atoms with Crippen molar-refractivity contribution in [3.8, 4) is 29.5 Å². The molecule has 3 heterocycles. The van der Waals surface area contributed by atoms with E-state index in [4.69, 9.17) is 9.72 Å². The molecule has 234 valence electrons. The monoisotopic (exact) mass is 642 g/mol. The van der Waals surface area contributed by atoms with E-state index in [-0.39, 0.29) is 0 Å². The van der Waals surface area contributed by atoms with Crippen LogP contribution in [-0.2, 0) is 0 Å². The van der Waals surface area contributed by atoms with Crippen molar-refractivity contribution >= 4 is 56.1 Å². The van der Waals surface area contributed by atoms with Gasteiger partial charge in [0, 0.05) is 34.3 Å². The summed E-state index contributed by atoms with van der Waals surface area (Å²) in [4.78, 5) is 9.71. The molecule has 6 aromatic carbocycles. The highest BCUT2D eigenvalue weighted by molar-refractivity contribution is 6.09. The maximum absolute atomic E-state index is 9.59. The molecule has 1 aliphatic heterocycles. The normalized spacial score (nSPS) is 11.7. The molecule has 0 saturated carbocycles. The molecule has 9 rings (SSSR count). The SMILES string of the molecule is N#Cc1ccc(N(c2ccc(C#N)cc2)c2cc(N3c4ccccc4Oc4ccccc43)nc(-n3c4ccccc4c4ccccc43)c2)cc1. The third kappa shape index (κ3) is 4.70. The minimum atomic E-state index is 0.566. The Morgan fingerprint density at radius 2 is 0.960 bits per heavy atom. The highest BCUT2D eigenvalue weighted by Gasteiger charge is 2.28. The number of fused-ring (bicyclic) bond motifs is 5. The molecule has 1 aliphatic rings. The second-order valence-electron chi connectivity index (χ2n) is 11.9. The lowest BCUT2D eigenvalue weighted by molar-refractivity contribution is 0.476. The van der Waals surface area contributed by atoms with Crippen LogP contribution in [-0.4, -0.2) is 9.55 Å². The van der Waals surface area contributed by atoms with Crippen molar-refractivity contribution in [3.05, 3.63) is 169 Å². The molecule has 7 nitrogen and oxygen atoms in total. The molecule has 7 heteroatoms. The van der Waals surface area contributed by atoms with Gasteiger partial charge in [-0.1, -0.05) is 60.7 Å². The summed E-state index contributed by atoms with van der Waals surface area (Å²) in [5.74, 6) is 2.87. The molecule has 8 aromatic rings. The Hall–Kier alpha value is -7.35. The van der Waals surface area contributed by atoms with Crippen molar-refractivity contribution < 1.29 is 4.74 Å². The third-order valence-corrected chi connectivity index (χ3v) is 9.02. The van der Waals surface area contributed by atoms with Gasteiger partial charge in [-0.25, -0.2) is 4.98 Å². The predicted molar refractivity (Wildman–Crippen MR) is 197 cm³/mol. The Labute approximate surface area is 288 Å². The summed E-state index contributed by atoms with van der Waals surface area (Å²) in [6.45, 7) is 0. The van der Waals surface area contributed by atoms with Gasteiger partial charge in [-0.05, 0) is 84.9 Å². The molecule has 0 atom stereocenters. The number of rotatable bonds is 5. The summed E-state index contributed by atoms with van der Waals surface area (Å²) in [7, 11) is 0. The first kappa shape index (κ1) is 28.8. The topological polar surface area (TPSA) is 81.1 Å². The number of benzene rings is 6. The lowest BCUT2D eigenvalue weighted by Gasteiger charge is -2.33. The van der Waals surface area contributed by atoms with Gasteiger partial charge in [-0.3, -0.25) is 9.47 Å². The lowest BCUT2D eigenvalue weighted by atomic mass is 10.1. The average molecular weight is 643 g/mol. The zero-order valence-corrected chi connectivity index (χ0v) is 26.6. The van der Waals surface area contributed by atoms with Crippen LogP contribution in [0.3, 0.4) is 0 Å². The fourth-order valence-corrected chi connectivity index (χ4v) is 6.78. The van der Waals surface area contributed by atoms with Crippen molar-refractivity contribution in [2.24, 2.45) is 0 Å². The molecule has 0 spiro atoms. The minimum Gasteiger partial charge on any atom is -0.453 e. The van der Waals surface area contributed by atoms with Gasteiger partial charge >= 0.3 is 0 Å². The maximum Gasteiger partial charge on any atom is 0.151 e. The van der Waals surface area contributed by atoms with E-state index in [1.165, 1.54) is 0 Å². The standard InChI is InChI=1S/C43H26N6O/c44-27-29-17-21-31(22-18-29)47(32-23-19-30(28-45)20-24-32)33-25-42(48-36-11-3-1-9-34(36)35-10-2-4-12-37(35)48)46-43(26-33)49-38-13-5-7-15-40(38)50-41-16-8-6-14-39(41)49/h1-26H. The molecule has 2 aromatic heterocycles. The Morgan fingerprint density at radius 3 is 1.48 bits per heavy atom. The number of anilines is 6. The van der Waals surface area contributed by atoms with Gasteiger partial charge in [-0.15, -0.1) is 0 Å². The Balaban J connectivity index is 1.37. The molecule has 50 heavy (non-hydrogen) atoms. The summed E-state index contributed by atoms with van der Waals surface area (Å²) >= 11 is 0. The first-order valence-corrected chi connectivity index (χ1v) is 16.2. The third-order valence-electron chi connectivity index (χ3n) is 9.02. The van der Waals surface area contributed by atoms with Crippen molar-refractivity contribution in [2.75, 3.05) is 9.80 Å². The smallest absolute Gasteiger partial charge is 0.151 e. The summed E-state index contributed by atoms with van der Waals surface area (Å²) in [6.07, 6.45) is 0. The van der Waals surface area contributed by atoms with E-state index in [2.05, 4.69) is 87.2 Å². The Bertz CT molecular complexity index is 2510. The predicted octanol–water partition coefficient (Wildman–Crippen LogP) is 11.0. The van der Waals surface area contributed by atoms with Crippen LogP contribution in [0.4, 0.5) is 34.3 Å². The van der Waals surface area contributed by atoms with Crippen LogP contribution < -0.4 is 14.5 Å². The molecular weight excluding hydrogens is 617 g/mol. The molecule has 0 bridgehead atoms. The molecule has 0 radical (unpaired) electrons. The number of para-hydroxylation sites is 6. The van der Waals surface area contributed by atoms with Crippen LogP contribution in [0.1, 0.15) is 11.1 Å². The van der Waals surface area contributed by atoms with E-state index in [0.717, 1.165) is 67.6 Å². The molecule has 0 N–H and O–H groups in total. The van der Waals surface area contributed by atoms with Crippen LogP contribution in [0.2, 0.25) is 0 Å². The molecule has 0 aliphatic carbocycles. The van der Waals surface area contributed by atoms with Crippen LogP contribution in [0.5, 0.6) is 11.5 Å². The quantitative estimate of drug-likeness (QED) is 0.186. The molecule has 0 amide bonds. The zero-order chi connectivity index (χ0) is 33.6. The number of pyridine rings is 1. The van der Waals surface area contributed by atoms with Crippen molar-refractivity contribution in [1.82, 2.24) is 9.55 Å². The fourth-order valence-electron chi connectivity index (χ4n) is 6.78. The number of aromatic nitrogens is 2. The number of nitriles is 2. The van der Waals surface area contributed by atoms with Crippen molar-refractivity contribution in [1.29, 1.82) is 10.5 Å². The van der Waals surface area contributed by atoms with E-state index in [9.17, 15) is 10.5 Å². The van der Waals surface area contributed by atoms with Gasteiger partial charge in [-0.2, -0.15) is 10.5 Å². The maximum atomic E-state index is 9.59. The first-order chi connectivity index (χ1) is 24.7. The largest absolute Gasteiger partial charge is 0.453 e. The van der Waals surface area contributed by atoms with Crippen molar-refractivity contribution in [2.45, 2.75) is 0 Å². The summed E-state index contributed by atoms with van der Waals surface area (Å²) < 4.78 is 8.58. The summed E-state index contributed by atoms with van der Waals surface area (Å²) in [5, 5.41) is 21.5. The van der Waals surface area contributed by atoms with Gasteiger partial charge in [0.2, 0.25) is 0 Å². The van der Waals surface area contributed by atoms with Crippen molar-refractivity contribution in [3.63, 3.8) is 0 Å². The minimum absolute atomic E-state index is 0.566. The summed E-state index contributed by atoms with van der Waals surface area (Å²) in [5.41, 5.74) is 7.48. The second-order valence-corrected chi connectivity index (χ2v) is 11.9. The lowest BCUT2D eigenvalue weighted by Crippen LogP contribution is -2.19. The Morgan fingerprint density at radius 1 is 0.500 bits per heavy atom. The fraction of sp³-hybridized carbons (Fsp3) is 0. The van der Waals surface area contributed by atoms with Crippen LogP contribution >= 0.6 is 0 Å². The number of hydrogen-bond acceptors (Lipinski definition) is 6. The molecule has 0 fully saturated rings. The number of ether oxygens (including phenoxy) is 1. The zero-order valence-electron chi connectivity index (χ0n) is 26.6. The van der Waals surface area contributed by atoms with E-state index in [0.29, 0.717) is 16.9 Å². The van der Waals surface area contributed by atoms with Crippen LogP contribution in [0.25, 0.3) is 27.6 Å². The van der Waals surface area contributed by atoms with E-state index in [1.54, 1.807) is 0 Å². The molecular formula is C43H26N6O. The number of hydrogen-bond donors (Lipinski definition) is 0. The van der Waals surface area contributed by atoms with E-state index < -0.39 is 0 Å².